The maximum absolute atomic E-state index is 5.43. The minimum Gasteiger partial charge on any atom is -0.310 e. The average molecular weight is 1130 g/mol. The van der Waals surface area contributed by atoms with Gasteiger partial charge >= 0.3 is 0 Å². The van der Waals surface area contributed by atoms with Crippen molar-refractivity contribution in [2.45, 2.75) is 0 Å². The second-order valence-corrected chi connectivity index (χ2v) is 22.3. The molecule has 0 atom stereocenters. The highest BCUT2D eigenvalue weighted by Gasteiger charge is 2.27. The molecule has 0 spiro atoms. The molecular weight excluding hydrogens is 1070 g/mol. The smallest absolute Gasteiger partial charge is 0.185 e. The van der Waals surface area contributed by atoms with Gasteiger partial charge in [0, 0.05) is 94.6 Å². The van der Waals surface area contributed by atoms with Crippen LogP contribution < -0.4 is 14.7 Å². The van der Waals surface area contributed by atoms with Crippen molar-refractivity contribution in [2.75, 3.05) is 14.7 Å². The molecule has 0 aliphatic carbocycles. The Morgan fingerprint density at radius 1 is 0.205 bits per heavy atom. The number of benzene rings is 13. The van der Waals surface area contributed by atoms with Gasteiger partial charge in [0.25, 0.3) is 0 Å². The Morgan fingerprint density at radius 3 is 0.898 bits per heavy atom. The van der Waals surface area contributed by atoms with Crippen LogP contribution in [0.1, 0.15) is 0 Å². The lowest BCUT2D eigenvalue weighted by Gasteiger charge is -2.25. The molecule has 0 radical (unpaired) electrons. The van der Waals surface area contributed by atoms with Gasteiger partial charge in [-0.05, 0) is 164 Å². The van der Waals surface area contributed by atoms with E-state index < -0.39 is 0 Å². The number of aromatic nitrogens is 5. The maximum Gasteiger partial charge on any atom is 0.185 e. The molecule has 13 aromatic carbocycles. The lowest BCUT2D eigenvalue weighted by molar-refractivity contribution is 0.955. The molecule has 0 amide bonds. The number of hydrogen-bond donors (Lipinski definition) is 0. The first kappa shape index (κ1) is 50.5. The summed E-state index contributed by atoms with van der Waals surface area (Å²) in [6, 6.07) is 117. The first-order chi connectivity index (χ1) is 43.7. The van der Waals surface area contributed by atoms with Gasteiger partial charge in [-0.3, -0.25) is 4.57 Å². The van der Waals surface area contributed by atoms with Gasteiger partial charge in [-0.15, -0.1) is 10.2 Å². The van der Waals surface area contributed by atoms with E-state index in [-0.39, 0.29) is 0 Å². The summed E-state index contributed by atoms with van der Waals surface area (Å²) in [4.78, 5) is 7.00. The molecule has 4 aromatic heterocycles. The molecule has 0 saturated heterocycles. The fourth-order valence-electron chi connectivity index (χ4n) is 13.4. The van der Waals surface area contributed by atoms with Crippen LogP contribution in [0.3, 0.4) is 0 Å². The molecule has 88 heavy (non-hydrogen) atoms. The van der Waals surface area contributed by atoms with E-state index in [2.05, 4.69) is 356 Å². The first-order valence-corrected chi connectivity index (χ1v) is 29.8. The van der Waals surface area contributed by atoms with Crippen LogP contribution in [0.4, 0.5) is 51.2 Å². The van der Waals surface area contributed by atoms with Gasteiger partial charge < -0.3 is 23.8 Å². The highest BCUT2D eigenvalue weighted by atomic mass is 15.2. The van der Waals surface area contributed by atoms with Crippen LogP contribution in [-0.4, -0.2) is 23.9 Å². The Hall–Kier alpha value is -12.0. The van der Waals surface area contributed by atoms with E-state index in [0.717, 1.165) is 139 Å². The molecule has 0 fully saturated rings. The van der Waals surface area contributed by atoms with Gasteiger partial charge in [0.05, 0.1) is 38.6 Å². The molecule has 0 aliphatic rings. The summed E-state index contributed by atoms with van der Waals surface area (Å²) < 4.78 is 7.20. The molecule has 414 valence electrons. The maximum atomic E-state index is 5.43. The lowest BCUT2D eigenvalue weighted by Crippen LogP contribution is -2.10. The predicted octanol–water partition coefficient (Wildman–Crippen LogP) is 21.3. The van der Waals surface area contributed by atoms with E-state index in [1.807, 2.05) is 0 Å². The van der Waals surface area contributed by atoms with Crippen LogP contribution in [0.15, 0.2) is 328 Å². The SMILES string of the molecule is c1ccc(N(c2ccccc2)c2ccc3c(c2)c2ccccc2n3-c2ccc3nnc(-n4c5ccccc5c5cc(N(c6ccccc6)c6ccccc6)ccc54)c(-n4c5ccccc5c5cc(N(c6ccccc6)c6ccccc6)ccc54)c3c2)cc1. The third kappa shape index (κ3) is 8.30. The van der Waals surface area contributed by atoms with E-state index in [4.69, 9.17) is 10.2 Å². The van der Waals surface area contributed by atoms with Gasteiger partial charge in [-0.25, -0.2) is 0 Å². The summed E-state index contributed by atoms with van der Waals surface area (Å²) in [5.41, 5.74) is 18.7. The standard InChI is InChI=1S/C80H54N8/c1-7-25-55(26-8-1)83(56-27-9-2-10-28-56)61-44-48-76-68(51-61)65-37-19-22-40-73(65)86(76)64-43-47-72-71(54-64)79(87-74-41-23-20-38-66(74)69-52-62(45-49-77(69)87)84(57-29-11-3-12-30-57)58-31-13-4-14-32-58)80(82-81-72)88-75-42-24-21-39-67(75)70-53-63(46-50-78(70)88)85(59-33-15-5-16-34-59)60-35-17-6-18-36-60/h1-54H. The number of rotatable bonds is 12. The van der Waals surface area contributed by atoms with Gasteiger partial charge in [0.1, 0.15) is 5.69 Å². The first-order valence-electron chi connectivity index (χ1n) is 29.8. The highest BCUT2D eigenvalue weighted by molar-refractivity contribution is 6.15. The van der Waals surface area contributed by atoms with Gasteiger partial charge in [-0.1, -0.05) is 164 Å². The summed E-state index contributed by atoms with van der Waals surface area (Å²) in [5.74, 6) is 0.710. The van der Waals surface area contributed by atoms with Crippen molar-refractivity contribution in [3.05, 3.63) is 328 Å². The van der Waals surface area contributed by atoms with Crippen molar-refractivity contribution >= 4 is 128 Å². The fourth-order valence-corrected chi connectivity index (χ4v) is 13.4. The van der Waals surface area contributed by atoms with E-state index in [0.29, 0.717) is 5.82 Å². The van der Waals surface area contributed by atoms with Crippen molar-refractivity contribution < 1.29 is 0 Å². The number of hydrogen-bond acceptors (Lipinski definition) is 5. The average Bonchev–Trinajstić information content (AvgIpc) is 1.70. The fraction of sp³-hybridized carbons (Fsp3) is 0. The molecule has 17 aromatic rings. The molecule has 8 heteroatoms. The van der Waals surface area contributed by atoms with Crippen LogP contribution in [0, 0.1) is 0 Å². The van der Waals surface area contributed by atoms with Crippen molar-refractivity contribution in [1.29, 1.82) is 0 Å². The quantitative estimate of drug-likeness (QED) is 0.122. The van der Waals surface area contributed by atoms with Crippen molar-refractivity contribution in [2.24, 2.45) is 0 Å². The van der Waals surface area contributed by atoms with Crippen LogP contribution in [-0.2, 0) is 0 Å². The Morgan fingerprint density at radius 2 is 0.511 bits per heavy atom. The summed E-state index contributed by atoms with van der Waals surface area (Å²) in [5, 5.41) is 18.4. The summed E-state index contributed by atoms with van der Waals surface area (Å²) >= 11 is 0. The molecule has 0 N–H and O–H groups in total. The van der Waals surface area contributed by atoms with Crippen LogP contribution in [0.2, 0.25) is 0 Å². The van der Waals surface area contributed by atoms with Gasteiger partial charge in [-0.2, -0.15) is 0 Å². The number of anilines is 9. The number of fused-ring (bicyclic) bond motifs is 10. The normalized spacial score (nSPS) is 11.6. The summed E-state index contributed by atoms with van der Waals surface area (Å²) in [6.07, 6.45) is 0. The molecule has 8 nitrogen and oxygen atoms in total. The zero-order valence-corrected chi connectivity index (χ0v) is 47.8. The zero-order chi connectivity index (χ0) is 58.1. The van der Waals surface area contributed by atoms with E-state index in [1.165, 1.54) is 0 Å². The topological polar surface area (TPSA) is 50.3 Å². The third-order valence-electron chi connectivity index (χ3n) is 17.2. The van der Waals surface area contributed by atoms with Crippen molar-refractivity contribution in [3.63, 3.8) is 0 Å². The molecular formula is C80H54N8. The Balaban J connectivity index is 0.935. The van der Waals surface area contributed by atoms with E-state index >= 15 is 0 Å². The molecule has 17 rings (SSSR count). The number of nitrogens with zero attached hydrogens (tertiary/aromatic N) is 8. The second-order valence-electron chi connectivity index (χ2n) is 22.3. The molecule has 0 unspecified atom stereocenters. The van der Waals surface area contributed by atoms with Crippen LogP contribution in [0.5, 0.6) is 0 Å². The Kier molecular flexibility index (Phi) is 12.0. The Bertz CT molecular complexity index is 5330. The highest BCUT2D eigenvalue weighted by Crippen LogP contribution is 2.46. The lowest BCUT2D eigenvalue weighted by atomic mass is 10.1. The second kappa shape index (κ2) is 21.0. The predicted molar refractivity (Wildman–Crippen MR) is 367 cm³/mol. The minimum atomic E-state index is 0.710. The summed E-state index contributed by atoms with van der Waals surface area (Å²) in [7, 11) is 0. The molecule has 0 bridgehead atoms. The van der Waals surface area contributed by atoms with E-state index in [9.17, 15) is 0 Å². The molecule has 0 aliphatic heterocycles. The zero-order valence-electron chi connectivity index (χ0n) is 47.8. The summed E-state index contributed by atoms with van der Waals surface area (Å²) in [6.45, 7) is 0. The monoisotopic (exact) mass is 1130 g/mol. The number of para-hydroxylation sites is 9. The largest absolute Gasteiger partial charge is 0.310 e. The molecule has 4 heterocycles. The third-order valence-corrected chi connectivity index (χ3v) is 17.2. The molecule has 0 saturated carbocycles. The van der Waals surface area contributed by atoms with Gasteiger partial charge in [0.15, 0.2) is 5.82 Å². The van der Waals surface area contributed by atoms with E-state index in [1.54, 1.807) is 0 Å². The van der Waals surface area contributed by atoms with Crippen molar-refractivity contribution in [3.8, 4) is 17.2 Å². The van der Waals surface area contributed by atoms with Crippen LogP contribution in [0.25, 0.3) is 93.5 Å². The van der Waals surface area contributed by atoms with Crippen LogP contribution >= 0.6 is 0 Å². The van der Waals surface area contributed by atoms with Crippen molar-refractivity contribution in [1.82, 2.24) is 23.9 Å². The Labute approximate surface area is 508 Å². The van der Waals surface area contributed by atoms with Gasteiger partial charge in [0.2, 0.25) is 0 Å². The minimum absolute atomic E-state index is 0.710.